The lowest BCUT2D eigenvalue weighted by Crippen LogP contribution is -2.24. The monoisotopic (exact) mass is 301 g/mol. The normalized spacial score (nSPS) is 11.5. The smallest absolute Gasteiger partial charge is 0.405 e. The summed E-state index contributed by atoms with van der Waals surface area (Å²) in [7, 11) is 0. The fraction of sp³-hybridized carbons (Fsp3) is 0.133. The summed E-state index contributed by atoms with van der Waals surface area (Å²) in [6.45, 7) is 1.76. The number of nitro groups is 1. The standard InChI is InChI=1S/C15H15N3O4/c1-10(16-15(19)20)11-2-4-12(5-3-11)17-13-6-8-14(9-7-13)18(21)22/h2-10,16-17H,1H3,(H,19,20)/t10-/m0/s1. The van der Waals surface area contributed by atoms with E-state index in [1.807, 2.05) is 24.3 Å². The first-order valence-electron chi connectivity index (χ1n) is 6.56. The second kappa shape index (κ2) is 6.57. The van der Waals surface area contributed by atoms with E-state index >= 15 is 0 Å². The van der Waals surface area contributed by atoms with Gasteiger partial charge < -0.3 is 15.7 Å². The fourth-order valence-electron chi connectivity index (χ4n) is 1.96. The Labute approximate surface area is 126 Å². The number of non-ortho nitro benzene ring substituents is 1. The first-order chi connectivity index (χ1) is 10.5. The summed E-state index contributed by atoms with van der Waals surface area (Å²) < 4.78 is 0. The van der Waals surface area contributed by atoms with Crippen LogP contribution in [0, 0.1) is 10.1 Å². The van der Waals surface area contributed by atoms with Crippen molar-refractivity contribution in [1.29, 1.82) is 0 Å². The molecule has 2 aromatic rings. The molecule has 0 fully saturated rings. The lowest BCUT2D eigenvalue weighted by atomic mass is 10.1. The van der Waals surface area contributed by atoms with Crippen molar-refractivity contribution in [2.75, 3.05) is 5.32 Å². The van der Waals surface area contributed by atoms with Crippen LogP contribution in [0.5, 0.6) is 0 Å². The van der Waals surface area contributed by atoms with Gasteiger partial charge in [0.25, 0.3) is 5.69 Å². The number of nitrogens with one attached hydrogen (secondary N) is 2. The summed E-state index contributed by atoms with van der Waals surface area (Å²) in [5.41, 5.74) is 2.42. The molecule has 7 heteroatoms. The van der Waals surface area contributed by atoms with Crippen molar-refractivity contribution in [3.8, 4) is 0 Å². The predicted octanol–water partition coefficient (Wildman–Crippen LogP) is 3.67. The van der Waals surface area contributed by atoms with E-state index in [4.69, 9.17) is 5.11 Å². The van der Waals surface area contributed by atoms with Crippen LogP contribution in [-0.2, 0) is 0 Å². The molecule has 0 aliphatic heterocycles. The lowest BCUT2D eigenvalue weighted by Gasteiger charge is -2.13. The second-order valence-corrected chi connectivity index (χ2v) is 4.72. The van der Waals surface area contributed by atoms with Gasteiger partial charge in [0.2, 0.25) is 0 Å². The topological polar surface area (TPSA) is 104 Å². The minimum absolute atomic E-state index is 0.0365. The molecule has 22 heavy (non-hydrogen) atoms. The van der Waals surface area contributed by atoms with Crippen LogP contribution in [-0.4, -0.2) is 16.1 Å². The van der Waals surface area contributed by atoms with Crippen LogP contribution in [0.25, 0.3) is 0 Å². The molecule has 0 aliphatic carbocycles. The summed E-state index contributed by atoms with van der Waals surface area (Å²) >= 11 is 0. The Morgan fingerprint density at radius 1 is 1.09 bits per heavy atom. The number of carboxylic acid groups (broad SMARTS) is 1. The van der Waals surface area contributed by atoms with Gasteiger partial charge in [-0.1, -0.05) is 12.1 Å². The Balaban J connectivity index is 2.04. The van der Waals surface area contributed by atoms with Crippen LogP contribution in [0.1, 0.15) is 18.5 Å². The molecule has 0 unspecified atom stereocenters. The molecule has 114 valence electrons. The summed E-state index contributed by atoms with van der Waals surface area (Å²) in [6, 6.07) is 13.1. The lowest BCUT2D eigenvalue weighted by molar-refractivity contribution is -0.384. The highest BCUT2D eigenvalue weighted by atomic mass is 16.6. The predicted molar refractivity (Wildman–Crippen MR) is 82.4 cm³/mol. The van der Waals surface area contributed by atoms with Gasteiger partial charge >= 0.3 is 6.09 Å². The van der Waals surface area contributed by atoms with Gasteiger partial charge in [-0.2, -0.15) is 0 Å². The molecule has 0 radical (unpaired) electrons. The molecule has 0 saturated heterocycles. The Kier molecular flexibility index (Phi) is 4.57. The highest BCUT2D eigenvalue weighted by molar-refractivity contribution is 5.65. The zero-order valence-corrected chi connectivity index (χ0v) is 11.8. The van der Waals surface area contributed by atoms with E-state index in [1.165, 1.54) is 12.1 Å². The van der Waals surface area contributed by atoms with Gasteiger partial charge in [-0.05, 0) is 36.8 Å². The van der Waals surface area contributed by atoms with Gasteiger partial charge in [-0.3, -0.25) is 10.1 Å². The Morgan fingerprint density at radius 2 is 1.59 bits per heavy atom. The maximum Gasteiger partial charge on any atom is 0.405 e. The molecule has 0 aromatic heterocycles. The van der Waals surface area contributed by atoms with Crippen molar-refractivity contribution in [2.24, 2.45) is 0 Å². The van der Waals surface area contributed by atoms with E-state index in [0.717, 1.165) is 16.9 Å². The van der Waals surface area contributed by atoms with Gasteiger partial charge in [-0.25, -0.2) is 4.79 Å². The largest absolute Gasteiger partial charge is 0.465 e. The van der Waals surface area contributed by atoms with Crippen molar-refractivity contribution in [3.05, 3.63) is 64.2 Å². The minimum atomic E-state index is -1.07. The maximum atomic E-state index is 10.6. The van der Waals surface area contributed by atoms with E-state index in [0.29, 0.717) is 0 Å². The molecule has 3 N–H and O–H groups in total. The highest BCUT2D eigenvalue weighted by Gasteiger charge is 2.08. The summed E-state index contributed by atoms with van der Waals surface area (Å²) in [5.74, 6) is 0. The van der Waals surface area contributed by atoms with Crippen LogP contribution in [0.4, 0.5) is 21.9 Å². The summed E-state index contributed by atoms with van der Waals surface area (Å²) in [6.07, 6.45) is -1.07. The number of benzene rings is 2. The van der Waals surface area contributed by atoms with Gasteiger partial charge in [0.1, 0.15) is 0 Å². The molecule has 7 nitrogen and oxygen atoms in total. The van der Waals surface area contributed by atoms with Gasteiger partial charge in [-0.15, -0.1) is 0 Å². The third-order valence-corrected chi connectivity index (χ3v) is 3.12. The Hall–Kier alpha value is -3.09. The number of anilines is 2. The first-order valence-corrected chi connectivity index (χ1v) is 6.56. The summed E-state index contributed by atoms with van der Waals surface area (Å²) in [4.78, 5) is 20.7. The number of amides is 1. The number of rotatable bonds is 5. The fourth-order valence-corrected chi connectivity index (χ4v) is 1.96. The molecule has 1 atom stereocenters. The van der Waals surface area contributed by atoms with Crippen molar-refractivity contribution >= 4 is 23.2 Å². The number of nitro benzene ring substituents is 1. The molecule has 0 bridgehead atoms. The SMILES string of the molecule is C[C@H](NC(=O)O)c1ccc(Nc2ccc([N+](=O)[O-])cc2)cc1. The third-order valence-electron chi connectivity index (χ3n) is 3.12. The van der Waals surface area contributed by atoms with Crippen LogP contribution in [0.3, 0.4) is 0 Å². The van der Waals surface area contributed by atoms with Crippen LogP contribution < -0.4 is 10.6 Å². The molecular weight excluding hydrogens is 286 g/mol. The molecular formula is C15H15N3O4. The maximum absolute atomic E-state index is 10.6. The first kappa shape index (κ1) is 15.3. The molecule has 1 amide bonds. The van der Waals surface area contributed by atoms with E-state index in [-0.39, 0.29) is 11.7 Å². The zero-order chi connectivity index (χ0) is 16.1. The Morgan fingerprint density at radius 3 is 2.05 bits per heavy atom. The highest BCUT2D eigenvalue weighted by Crippen LogP contribution is 2.21. The van der Waals surface area contributed by atoms with Gasteiger partial charge in [0.05, 0.1) is 11.0 Å². The average Bonchev–Trinajstić information content (AvgIpc) is 2.48. The van der Waals surface area contributed by atoms with E-state index in [9.17, 15) is 14.9 Å². The van der Waals surface area contributed by atoms with Crippen LogP contribution in [0.15, 0.2) is 48.5 Å². The van der Waals surface area contributed by atoms with Crippen molar-refractivity contribution in [3.63, 3.8) is 0 Å². The molecule has 0 heterocycles. The average molecular weight is 301 g/mol. The molecule has 0 saturated carbocycles. The van der Waals surface area contributed by atoms with Gasteiger partial charge in [0, 0.05) is 23.5 Å². The third kappa shape index (κ3) is 3.95. The zero-order valence-electron chi connectivity index (χ0n) is 11.8. The van der Waals surface area contributed by atoms with Crippen molar-refractivity contribution in [1.82, 2.24) is 5.32 Å². The van der Waals surface area contributed by atoms with Crippen molar-refractivity contribution in [2.45, 2.75) is 13.0 Å². The van der Waals surface area contributed by atoms with Gasteiger partial charge in [0.15, 0.2) is 0 Å². The summed E-state index contributed by atoms with van der Waals surface area (Å²) in [5, 5.41) is 24.8. The Bertz CT molecular complexity index is 668. The number of carbonyl (C=O) groups is 1. The van der Waals surface area contributed by atoms with Crippen LogP contribution >= 0.6 is 0 Å². The quantitative estimate of drug-likeness (QED) is 0.577. The molecule has 2 rings (SSSR count). The van der Waals surface area contributed by atoms with E-state index < -0.39 is 11.0 Å². The second-order valence-electron chi connectivity index (χ2n) is 4.72. The number of hydrogen-bond donors (Lipinski definition) is 3. The molecule has 2 aromatic carbocycles. The molecule has 0 aliphatic rings. The number of nitrogens with zero attached hydrogens (tertiary/aromatic N) is 1. The minimum Gasteiger partial charge on any atom is -0.465 e. The van der Waals surface area contributed by atoms with E-state index in [2.05, 4.69) is 10.6 Å². The molecule has 0 spiro atoms. The number of hydrogen-bond acceptors (Lipinski definition) is 4. The van der Waals surface area contributed by atoms with Crippen LogP contribution in [0.2, 0.25) is 0 Å². The van der Waals surface area contributed by atoms with Crippen molar-refractivity contribution < 1.29 is 14.8 Å². The van der Waals surface area contributed by atoms with E-state index in [1.54, 1.807) is 19.1 Å².